The average molecular weight is 440 g/mol. The van der Waals surface area contributed by atoms with Crippen molar-refractivity contribution in [3.63, 3.8) is 0 Å². The zero-order valence-electron chi connectivity index (χ0n) is 17.9. The van der Waals surface area contributed by atoms with Gasteiger partial charge in [0.25, 0.3) is 0 Å². The van der Waals surface area contributed by atoms with Gasteiger partial charge < -0.3 is 11.1 Å². The van der Waals surface area contributed by atoms with Gasteiger partial charge in [-0.25, -0.2) is 12.8 Å². The first-order chi connectivity index (χ1) is 14.6. The molecule has 2 aromatic carbocycles. The molecule has 1 atom stereocenters. The fourth-order valence-electron chi connectivity index (χ4n) is 4.07. The van der Waals surface area contributed by atoms with Crippen molar-refractivity contribution in [1.29, 1.82) is 0 Å². The molecule has 0 aliphatic carbocycles. The van der Waals surface area contributed by atoms with Gasteiger partial charge in [0.15, 0.2) is 9.84 Å². The number of nitrogens with zero attached hydrogens (tertiary/aromatic N) is 1. The van der Waals surface area contributed by atoms with Gasteiger partial charge in [0.05, 0.1) is 23.1 Å². The number of nitrogens with two attached hydrogens (primary N) is 1. The fourth-order valence-corrected chi connectivity index (χ4v) is 5.22. The summed E-state index contributed by atoms with van der Waals surface area (Å²) in [6.07, 6.45) is 2.29. The van der Waals surface area contributed by atoms with Gasteiger partial charge >= 0.3 is 0 Å². The van der Waals surface area contributed by atoms with E-state index < -0.39 is 9.84 Å². The van der Waals surface area contributed by atoms with E-state index in [0.717, 1.165) is 33.4 Å². The Hall–Kier alpha value is -2.93. The van der Waals surface area contributed by atoms with Gasteiger partial charge in [-0.3, -0.25) is 4.98 Å². The van der Waals surface area contributed by atoms with E-state index >= 15 is 0 Å². The van der Waals surface area contributed by atoms with Crippen LogP contribution in [0.2, 0.25) is 0 Å². The lowest BCUT2D eigenvalue weighted by molar-refractivity contribution is 0.592. The van der Waals surface area contributed by atoms with Crippen LogP contribution in [0.15, 0.2) is 42.5 Å². The van der Waals surface area contributed by atoms with Crippen molar-refractivity contribution in [1.82, 2.24) is 4.98 Å². The number of pyridine rings is 1. The SMILES string of the molecule is Cc1cc(N[C@H](C)c2cc(N)cc(C)c2F)c2cc(C3=CCS(=O)(=O)CC3)ccc2n1. The summed E-state index contributed by atoms with van der Waals surface area (Å²) in [5.41, 5.74) is 12.0. The van der Waals surface area contributed by atoms with Crippen LogP contribution >= 0.6 is 0 Å². The molecule has 0 fully saturated rings. The van der Waals surface area contributed by atoms with Crippen molar-refractivity contribution in [2.75, 3.05) is 22.6 Å². The first-order valence-electron chi connectivity index (χ1n) is 10.3. The molecule has 0 radical (unpaired) electrons. The molecule has 2 heterocycles. The molecule has 1 aromatic heterocycles. The Labute approximate surface area is 182 Å². The third-order valence-corrected chi connectivity index (χ3v) is 7.22. The first-order valence-corrected chi connectivity index (χ1v) is 12.1. The second-order valence-corrected chi connectivity index (χ2v) is 10.5. The van der Waals surface area contributed by atoms with Gasteiger partial charge in [-0.2, -0.15) is 0 Å². The molecule has 7 heteroatoms. The van der Waals surface area contributed by atoms with Gasteiger partial charge in [0.1, 0.15) is 5.82 Å². The maximum Gasteiger partial charge on any atom is 0.154 e. The normalized spacial score (nSPS) is 16.7. The summed E-state index contributed by atoms with van der Waals surface area (Å²) in [5, 5.41) is 4.34. The van der Waals surface area contributed by atoms with Crippen molar-refractivity contribution in [2.45, 2.75) is 33.2 Å². The number of fused-ring (bicyclic) bond motifs is 1. The second-order valence-electron chi connectivity index (χ2n) is 8.24. The number of nitrogen functional groups attached to an aromatic ring is 1. The lowest BCUT2D eigenvalue weighted by atomic mass is 9.99. The molecular formula is C24H26FN3O2S. The Morgan fingerprint density at radius 2 is 1.94 bits per heavy atom. The molecule has 3 aromatic rings. The molecule has 1 aliphatic heterocycles. The van der Waals surface area contributed by atoms with Crippen molar-refractivity contribution >= 4 is 37.7 Å². The van der Waals surface area contributed by atoms with E-state index in [1.165, 1.54) is 0 Å². The van der Waals surface area contributed by atoms with Crippen LogP contribution in [0.25, 0.3) is 16.5 Å². The Balaban J connectivity index is 1.74. The molecule has 5 nitrogen and oxygen atoms in total. The van der Waals surface area contributed by atoms with Crippen molar-refractivity contribution < 1.29 is 12.8 Å². The summed E-state index contributed by atoms with van der Waals surface area (Å²) in [5.74, 6) is -0.0272. The minimum atomic E-state index is -2.98. The number of hydrogen-bond acceptors (Lipinski definition) is 5. The van der Waals surface area contributed by atoms with Crippen LogP contribution in [0, 0.1) is 19.7 Å². The van der Waals surface area contributed by atoms with E-state index in [2.05, 4.69) is 10.3 Å². The van der Waals surface area contributed by atoms with Crippen LogP contribution in [0.3, 0.4) is 0 Å². The summed E-state index contributed by atoms with van der Waals surface area (Å²) < 4.78 is 38.3. The molecule has 0 bridgehead atoms. The van der Waals surface area contributed by atoms with Crippen LogP contribution < -0.4 is 11.1 Å². The predicted molar refractivity (Wildman–Crippen MR) is 125 cm³/mol. The molecule has 0 amide bonds. The molecule has 162 valence electrons. The smallest absolute Gasteiger partial charge is 0.154 e. The summed E-state index contributed by atoms with van der Waals surface area (Å²) >= 11 is 0. The molecule has 0 unspecified atom stereocenters. The number of aryl methyl sites for hydroxylation is 2. The largest absolute Gasteiger partial charge is 0.399 e. The average Bonchev–Trinajstić information content (AvgIpc) is 2.70. The summed E-state index contributed by atoms with van der Waals surface area (Å²) in [4.78, 5) is 4.62. The maximum absolute atomic E-state index is 14.7. The van der Waals surface area contributed by atoms with Gasteiger partial charge in [-0.1, -0.05) is 12.1 Å². The Morgan fingerprint density at radius 3 is 2.65 bits per heavy atom. The van der Waals surface area contributed by atoms with Crippen molar-refractivity contribution in [3.8, 4) is 0 Å². The Morgan fingerprint density at radius 1 is 1.16 bits per heavy atom. The standard InChI is InChI=1S/C24H26FN3O2S/c1-14-10-19(26)13-20(24(14)25)16(3)28-23-11-15(2)27-22-5-4-18(12-21(22)23)17-6-8-31(29,30)9-7-17/h4-6,10-13,16H,7-9,26H2,1-3H3,(H,27,28)/t16-/m1/s1. The lowest BCUT2D eigenvalue weighted by Crippen LogP contribution is -2.15. The summed E-state index contributed by atoms with van der Waals surface area (Å²) in [7, 11) is -2.98. The number of halogens is 1. The van der Waals surface area contributed by atoms with E-state index in [1.54, 1.807) is 25.1 Å². The monoisotopic (exact) mass is 439 g/mol. The molecule has 0 spiro atoms. The van der Waals surface area contributed by atoms with E-state index in [-0.39, 0.29) is 23.4 Å². The molecule has 0 saturated heterocycles. The number of nitrogens with one attached hydrogen (secondary N) is 1. The first kappa shape index (κ1) is 21.3. The highest BCUT2D eigenvalue weighted by molar-refractivity contribution is 7.91. The quantitative estimate of drug-likeness (QED) is 0.562. The molecule has 0 saturated carbocycles. The zero-order valence-corrected chi connectivity index (χ0v) is 18.7. The number of benzene rings is 2. The predicted octanol–water partition coefficient (Wildman–Crippen LogP) is 4.95. The van der Waals surface area contributed by atoms with Crippen LogP contribution in [-0.2, 0) is 9.84 Å². The lowest BCUT2D eigenvalue weighted by Gasteiger charge is -2.20. The molecule has 1 aliphatic rings. The van der Waals surface area contributed by atoms with E-state index in [9.17, 15) is 12.8 Å². The van der Waals surface area contributed by atoms with E-state index in [4.69, 9.17) is 5.73 Å². The Bertz CT molecular complexity index is 1320. The number of aromatic nitrogens is 1. The maximum atomic E-state index is 14.7. The second kappa shape index (κ2) is 7.96. The van der Waals surface area contributed by atoms with E-state index in [1.807, 2.05) is 38.1 Å². The molecule has 4 rings (SSSR count). The molecule has 31 heavy (non-hydrogen) atoms. The van der Waals surface area contributed by atoms with Gasteiger partial charge in [-0.05, 0) is 74.2 Å². The highest BCUT2D eigenvalue weighted by Gasteiger charge is 2.19. The topological polar surface area (TPSA) is 85.1 Å². The summed E-state index contributed by atoms with van der Waals surface area (Å²) in [6.45, 7) is 5.53. The minimum absolute atomic E-state index is 0.0721. The highest BCUT2D eigenvalue weighted by Crippen LogP contribution is 2.33. The van der Waals surface area contributed by atoms with Crippen LogP contribution in [-0.4, -0.2) is 24.9 Å². The number of sulfone groups is 1. The third-order valence-electron chi connectivity index (χ3n) is 5.72. The number of hydrogen-bond donors (Lipinski definition) is 2. The highest BCUT2D eigenvalue weighted by atomic mass is 32.2. The molecular weight excluding hydrogens is 413 g/mol. The minimum Gasteiger partial charge on any atom is -0.399 e. The third kappa shape index (κ3) is 4.42. The fraction of sp³-hybridized carbons (Fsp3) is 0.292. The number of allylic oxidation sites excluding steroid dienone is 1. The zero-order chi connectivity index (χ0) is 22.3. The van der Waals surface area contributed by atoms with Gasteiger partial charge in [0.2, 0.25) is 0 Å². The van der Waals surface area contributed by atoms with Gasteiger partial charge in [0, 0.05) is 28.0 Å². The number of rotatable bonds is 4. The molecule has 3 N–H and O–H groups in total. The van der Waals surface area contributed by atoms with Crippen LogP contribution in [0.5, 0.6) is 0 Å². The Kier molecular flexibility index (Phi) is 5.47. The van der Waals surface area contributed by atoms with Gasteiger partial charge in [-0.15, -0.1) is 0 Å². The number of anilines is 2. The van der Waals surface area contributed by atoms with Crippen LogP contribution in [0.4, 0.5) is 15.8 Å². The van der Waals surface area contributed by atoms with Crippen molar-refractivity contribution in [2.24, 2.45) is 0 Å². The van der Waals surface area contributed by atoms with E-state index in [0.29, 0.717) is 23.2 Å². The van der Waals surface area contributed by atoms with Crippen LogP contribution in [0.1, 0.15) is 41.8 Å². The van der Waals surface area contributed by atoms with Crippen molar-refractivity contribution in [3.05, 3.63) is 70.7 Å². The summed E-state index contributed by atoms with van der Waals surface area (Å²) in [6, 6.07) is 10.9.